The van der Waals surface area contributed by atoms with Crippen LogP contribution in [0.2, 0.25) is 0 Å². The summed E-state index contributed by atoms with van der Waals surface area (Å²) in [6.07, 6.45) is -0.642. The van der Waals surface area contributed by atoms with Gasteiger partial charge in [0.05, 0.1) is 17.9 Å². The van der Waals surface area contributed by atoms with Crippen molar-refractivity contribution in [3.63, 3.8) is 0 Å². The van der Waals surface area contributed by atoms with E-state index in [2.05, 4.69) is 17.0 Å². The Balaban J connectivity index is 1.10. The number of hydrogen-bond donors (Lipinski definition) is 0. The van der Waals surface area contributed by atoms with Gasteiger partial charge in [-0.2, -0.15) is 0 Å². The van der Waals surface area contributed by atoms with Crippen molar-refractivity contribution in [3.8, 4) is 11.5 Å². The van der Waals surface area contributed by atoms with Gasteiger partial charge in [0.1, 0.15) is 6.61 Å². The number of ether oxygens (including phenoxy) is 2. The van der Waals surface area contributed by atoms with Crippen molar-refractivity contribution < 1.29 is 19.1 Å². The maximum Gasteiger partial charge on any atom is 0.267 e. The fraction of sp³-hybridized carbons (Fsp3) is 0.259. The molecule has 35 heavy (non-hydrogen) atoms. The molecule has 7 nitrogen and oxygen atoms in total. The van der Waals surface area contributed by atoms with Crippen LogP contribution in [0, 0.1) is 0 Å². The van der Waals surface area contributed by atoms with E-state index >= 15 is 0 Å². The van der Waals surface area contributed by atoms with E-state index in [9.17, 15) is 9.59 Å². The maximum atomic E-state index is 13.5. The molecule has 3 aliphatic heterocycles. The lowest BCUT2D eigenvalue weighted by atomic mass is 10.2. The predicted molar refractivity (Wildman–Crippen MR) is 134 cm³/mol. The molecule has 3 aromatic carbocycles. The van der Waals surface area contributed by atoms with Crippen LogP contribution in [0.25, 0.3) is 0 Å². The highest BCUT2D eigenvalue weighted by Crippen LogP contribution is 2.47. The SMILES string of the molecule is O=C([C@H]1COc2ccccc2O1)N1CCN(CC(=O)N2c3ccccc3Sc3ccccc32)CC1. The molecule has 0 aromatic heterocycles. The summed E-state index contributed by atoms with van der Waals surface area (Å²) in [5, 5.41) is 0. The Bertz CT molecular complexity index is 1230. The fourth-order valence-electron chi connectivity index (χ4n) is 4.71. The van der Waals surface area contributed by atoms with Crippen LogP contribution in [-0.2, 0) is 9.59 Å². The van der Waals surface area contributed by atoms with E-state index in [0.29, 0.717) is 44.2 Å². The van der Waals surface area contributed by atoms with Gasteiger partial charge in [0.25, 0.3) is 5.91 Å². The van der Waals surface area contributed by atoms with E-state index in [-0.39, 0.29) is 18.4 Å². The number of hydrogen-bond acceptors (Lipinski definition) is 6. The Morgan fingerprint density at radius 3 is 2.09 bits per heavy atom. The molecule has 0 N–H and O–H groups in total. The van der Waals surface area contributed by atoms with Gasteiger partial charge in [-0.05, 0) is 36.4 Å². The number of fused-ring (bicyclic) bond motifs is 3. The molecule has 0 spiro atoms. The molecule has 0 aliphatic carbocycles. The summed E-state index contributed by atoms with van der Waals surface area (Å²) in [7, 11) is 0. The molecule has 1 atom stereocenters. The Morgan fingerprint density at radius 2 is 1.40 bits per heavy atom. The summed E-state index contributed by atoms with van der Waals surface area (Å²) < 4.78 is 11.6. The third-order valence-corrected chi connectivity index (χ3v) is 7.64. The Labute approximate surface area is 208 Å². The van der Waals surface area contributed by atoms with Crippen LogP contribution in [-0.4, -0.2) is 67.0 Å². The standard InChI is InChI=1S/C27H25N3O4S/c31-26(30-19-7-1-5-11-24(19)35-25-12-6-2-8-20(25)30)17-28-13-15-29(16-14-28)27(32)23-18-33-21-9-3-4-10-22(21)34-23/h1-12,23H,13-18H2/t23-/m1/s1. The third-order valence-electron chi connectivity index (χ3n) is 6.51. The van der Waals surface area contributed by atoms with Crippen LogP contribution >= 0.6 is 11.8 Å². The van der Waals surface area contributed by atoms with Gasteiger partial charge in [-0.3, -0.25) is 19.4 Å². The summed E-state index contributed by atoms with van der Waals surface area (Å²) in [5.41, 5.74) is 1.84. The molecule has 3 heterocycles. The van der Waals surface area contributed by atoms with Crippen molar-refractivity contribution in [2.24, 2.45) is 0 Å². The molecule has 0 saturated carbocycles. The highest BCUT2D eigenvalue weighted by atomic mass is 32.2. The molecule has 3 aromatic rings. The van der Waals surface area contributed by atoms with Crippen molar-refractivity contribution in [2.45, 2.75) is 15.9 Å². The number of piperazine rings is 1. The van der Waals surface area contributed by atoms with Crippen molar-refractivity contribution >= 4 is 35.0 Å². The van der Waals surface area contributed by atoms with Crippen LogP contribution in [0.3, 0.4) is 0 Å². The lowest BCUT2D eigenvalue weighted by Crippen LogP contribution is -2.55. The summed E-state index contributed by atoms with van der Waals surface area (Å²) in [6, 6.07) is 23.4. The number of benzene rings is 3. The van der Waals surface area contributed by atoms with Crippen molar-refractivity contribution in [3.05, 3.63) is 72.8 Å². The van der Waals surface area contributed by atoms with Crippen LogP contribution in [0.15, 0.2) is 82.6 Å². The molecule has 0 bridgehead atoms. The summed E-state index contributed by atoms with van der Waals surface area (Å²) in [5.74, 6) is 1.23. The molecule has 2 amide bonds. The molecule has 178 valence electrons. The quantitative estimate of drug-likeness (QED) is 0.560. The topological polar surface area (TPSA) is 62.3 Å². The Kier molecular flexibility index (Phi) is 5.83. The summed E-state index contributed by atoms with van der Waals surface area (Å²) in [4.78, 5) is 34.5. The second-order valence-corrected chi connectivity index (χ2v) is 9.82. The summed E-state index contributed by atoms with van der Waals surface area (Å²) >= 11 is 1.69. The van der Waals surface area contributed by atoms with Gasteiger partial charge in [-0.15, -0.1) is 0 Å². The first-order valence-electron chi connectivity index (χ1n) is 11.8. The van der Waals surface area contributed by atoms with Crippen molar-refractivity contribution in [1.29, 1.82) is 0 Å². The normalized spacial score (nSPS) is 19.0. The molecule has 6 rings (SSSR count). The van der Waals surface area contributed by atoms with Crippen molar-refractivity contribution in [2.75, 3.05) is 44.2 Å². The number of carbonyl (C=O) groups excluding carboxylic acids is 2. The minimum atomic E-state index is -0.642. The highest BCUT2D eigenvalue weighted by molar-refractivity contribution is 7.99. The van der Waals surface area contributed by atoms with Gasteiger partial charge in [0, 0.05) is 36.0 Å². The molecular formula is C27H25N3O4S. The first-order valence-corrected chi connectivity index (χ1v) is 12.6. The smallest absolute Gasteiger partial charge is 0.267 e. The maximum absolute atomic E-state index is 13.5. The predicted octanol–water partition coefficient (Wildman–Crippen LogP) is 3.80. The zero-order valence-electron chi connectivity index (χ0n) is 19.1. The second-order valence-electron chi connectivity index (χ2n) is 8.73. The van der Waals surface area contributed by atoms with Crippen LogP contribution in [0.1, 0.15) is 0 Å². The van der Waals surface area contributed by atoms with Crippen LogP contribution < -0.4 is 14.4 Å². The molecule has 1 saturated heterocycles. The van der Waals surface area contributed by atoms with E-state index in [1.807, 2.05) is 70.5 Å². The average Bonchev–Trinajstić information content (AvgIpc) is 2.91. The molecule has 0 radical (unpaired) electrons. The zero-order chi connectivity index (χ0) is 23.8. The van der Waals surface area contributed by atoms with Crippen LogP contribution in [0.4, 0.5) is 11.4 Å². The second kappa shape index (κ2) is 9.28. The highest BCUT2D eigenvalue weighted by Gasteiger charge is 2.34. The molecule has 0 unspecified atom stereocenters. The molecular weight excluding hydrogens is 462 g/mol. The van der Waals surface area contributed by atoms with Gasteiger partial charge >= 0.3 is 0 Å². The van der Waals surface area contributed by atoms with Gasteiger partial charge in [-0.25, -0.2) is 0 Å². The Hall–Kier alpha value is -3.49. The van der Waals surface area contributed by atoms with E-state index < -0.39 is 6.10 Å². The molecule has 1 fully saturated rings. The van der Waals surface area contributed by atoms with Gasteiger partial charge in [0.2, 0.25) is 12.0 Å². The molecule has 3 aliphatic rings. The van der Waals surface area contributed by atoms with E-state index in [4.69, 9.17) is 9.47 Å². The lowest BCUT2D eigenvalue weighted by Gasteiger charge is -2.38. The Morgan fingerprint density at radius 1 is 0.800 bits per heavy atom. The number of anilines is 2. The van der Waals surface area contributed by atoms with Crippen LogP contribution in [0.5, 0.6) is 11.5 Å². The van der Waals surface area contributed by atoms with E-state index in [0.717, 1.165) is 21.2 Å². The van der Waals surface area contributed by atoms with E-state index in [1.165, 1.54) is 0 Å². The number of amides is 2. The van der Waals surface area contributed by atoms with Gasteiger partial charge in [-0.1, -0.05) is 48.2 Å². The molecule has 8 heteroatoms. The minimum Gasteiger partial charge on any atom is -0.485 e. The third kappa shape index (κ3) is 4.24. The average molecular weight is 488 g/mol. The number of para-hydroxylation sites is 4. The summed E-state index contributed by atoms with van der Waals surface area (Å²) in [6.45, 7) is 2.88. The van der Waals surface area contributed by atoms with Gasteiger partial charge in [0.15, 0.2) is 11.5 Å². The number of nitrogens with zero attached hydrogens (tertiary/aromatic N) is 3. The zero-order valence-corrected chi connectivity index (χ0v) is 19.9. The number of carbonyl (C=O) groups is 2. The number of rotatable bonds is 3. The minimum absolute atomic E-state index is 0.0330. The fourth-order valence-corrected chi connectivity index (χ4v) is 5.76. The lowest BCUT2D eigenvalue weighted by molar-refractivity contribution is -0.143. The largest absolute Gasteiger partial charge is 0.485 e. The van der Waals surface area contributed by atoms with Gasteiger partial charge < -0.3 is 14.4 Å². The van der Waals surface area contributed by atoms with Crippen molar-refractivity contribution in [1.82, 2.24) is 9.80 Å². The monoisotopic (exact) mass is 487 g/mol. The van der Waals surface area contributed by atoms with E-state index in [1.54, 1.807) is 11.8 Å². The first kappa shape index (κ1) is 22.0. The first-order chi connectivity index (χ1) is 17.2.